The highest BCUT2D eigenvalue weighted by molar-refractivity contribution is 5.89. The number of rotatable bonds is 5. The zero-order valence-corrected chi connectivity index (χ0v) is 15.9. The van der Waals surface area contributed by atoms with Crippen LogP contribution in [-0.4, -0.2) is 39.0 Å². The summed E-state index contributed by atoms with van der Waals surface area (Å²) in [6.07, 6.45) is -0.280. The Morgan fingerprint density at radius 1 is 1.21 bits per heavy atom. The Morgan fingerprint density at radius 3 is 2.52 bits per heavy atom. The minimum Gasteiger partial charge on any atom is -0.465 e. The van der Waals surface area contributed by atoms with Crippen LogP contribution < -0.4 is 5.32 Å². The third-order valence-electron chi connectivity index (χ3n) is 4.28. The first-order valence-electron chi connectivity index (χ1n) is 8.59. The van der Waals surface area contributed by atoms with E-state index in [-0.39, 0.29) is 5.95 Å². The number of nitrogens with one attached hydrogen (secondary N) is 1. The molecule has 0 aliphatic heterocycles. The van der Waals surface area contributed by atoms with Crippen molar-refractivity contribution in [3.63, 3.8) is 0 Å². The molecular formula is C19H18F3N5O2. The Bertz CT molecular complexity index is 1020. The van der Waals surface area contributed by atoms with Gasteiger partial charge in [-0.3, -0.25) is 4.68 Å². The van der Waals surface area contributed by atoms with E-state index in [9.17, 15) is 18.0 Å². The quantitative estimate of drug-likeness (QED) is 0.638. The SMILES string of the molecule is COC(=O)c1ccc(-c2nc(Nc3cnn([C@H](C)C(F)(F)F)c3)ncc2C)cc1. The van der Waals surface area contributed by atoms with Crippen molar-refractivity contribution in [2.75, 3.05) is 12.4 Å². The molecule has 2 aromatic heterocycles. The number of methoxy groups -OCH3 is 1. The molecule has 0 saturated heterocycles. The number of carbonyl (C=O) groups is 1. The Hall–Kier alpha value is -3.43. The summed E-state index contributed by atoms with van der Waals surface area (Å²) in [4.78, 5) is 20.2. The topological polar surface area (TPSA) is 81.9 Å². The van der Waals surface area contributed by atoms with Gasteiger partial charge in [0, 0.05) is 18.0 Å². The van der Waals surface area contributed by atoms with Crippen molar-refractivity contribution in [3.05, 3.63) is 54.0 Å². The first kappa shape index (κ1) is 20.3. The Balaban J connectivity index is 1.83. The molecule has 0 aliphatic rings. The average molecular weight is 405 g/mol. The van der Waals surface area contributed by atoms with Crippen LogP contribution in [0.4, 0.5) is 24.8 Å². The number of carbonyl (C=O) groups excluding carboxylic acids is 1. The lowest BCUT2D eigenvalue weighted by Crippen LogP contribution is -2.23. The van der Waals surface area contributed by atoms with Crippen molar-refractivity contribution in [1.29, 1.82) is 0 Å². The van der Waals surface area contributed by atoms with Gasteiger partial charge in [-0.05, 0) is 31.5 Å². The number of hydrogen-bond acceptors (Lipinski definition) is 6. The number of anilines is 2. The lowest BCUT2D eigenvalue weighted by molar-refractivity contribution is -0.165. The smallest absolute Gasteiger partial charge is 0.410 e. The molecule has 0 radical (unpaired) electrons. The van der Waals surface area contributed by atoms with E-state index in [0.717, 1.165) is 22.7 Å². The van der Waals surface area contributed by atoms with E-state index < -0.39 is 18.2 Å². The summed E-state index contributed by atoms with van der Waals surface area (Å²) in [5.41, 5.74) is 2.91. The van der Waals surface area contributed by atoms with Crippen molar-refractivity contribution < 1.29 is 22.7 Å². The lowest BCUT2D eigenvalue weighted by atomic mass is 10.1. The maximum Gasteiger partial charge on any atom is 0.410 e. The fraction of sp³-hybridized carbons (Fsp3) is 0.263. The van der Waals surface area contributed by atoms with Gasteiger partial charge < -0.3 is 10.1 Å². The van der Waals surface area contributed by atoms with Crippen LogP contribution in [-0.2, 0) is 4.74 Å². The molecule has 2 heterocycles. The molecule has 10 heteroatoms. The number of hydrogen-bond donors (Lipinski definition) is 1. The van der Waals surface area contributed by atoms with E-state index in [4.69, 9.17) is 0 Å². The number of aromatic nitrogens is 4. The van der Waals surface area contributed by atoms with Gasteiger partial charge in [0.05, 0.1) is 30.3 Å². The minimum absolute atomic E-state index is 0.210. The molecule has 29 heavy (non-hydrogen) atoms. The molecule has 0 aliphatic carbocycles. The van der Waals surface area contributed by atoms with Gasteiger partial charge in [0.25, 0.3) is 0 Å². The van der Waals surface area contributed by atoms with E-state index in [2.05, 4.69) is 25.1 Å². The standard InChI is InChI=1S/C19H18F3N5O2/c1-11-8-23-18(25-15-9-24-27(10-15)12(2)19(20,21)22)26-16(11)13-4-6-14(7-5-13)17(28)29-3/h4-10,12H,1-3H3,(H,23,25,26)/t12-/m1/s1. The molecule has 0 saturated carbocycles. The largest absolute Gasteiger partial charge is 0.465 e. The van der Waals surface area contributed by atoms with Crippen LogP contribution in [0.2, 0.25) is 0 Å². The third-order valence-corrected chi connectivity index (χ3v) is 4.28. The maximum absolute atomic E-state index is 12.8. The zero-order valence-electron chi connectivity index (χ0n) is 15.9. The van der Waals surface area contributed by atoms with E-state index in [1.807, 2.05) is 6.92 Å². The zero-order chi connectivity index (χ0) is 21.2. The minimum atomic E-state index is -4.40. The molecular weight excluding hydrogens is 387 g/mol. The van der Waals surface area contributed by atoms with E-state index in [1.54, 1.807) is 30.5 Å². The van der Waals surface area contributed by atoms with Crippen LogP contribution in [0.25, 0.3) is 11.3 Å². The van der Waals surface area contributed by atoms with Gasteiger partial charge in [-0.1, -0.05) is 12.1 Å². The Labute approximate surface area is 164 Å². The molecule has 3 rings (SSSR count). The van der Waals surface area contributed by atoms with E-state index in [1.165, 1.54) is 19.5 Å². The average Bonchev–Trinajstić information content (AvgIpc) is 3.16. The van der Waals surface area contributed by atoms with E-state index in [0.29, 0.717) is 16.9 Å². The summed E-state index contributed by atoms with van der Waals surface area (Å²) in [7, 11) is 1.31. The highest BCUT2D eigenvalue weighted by atomic mass is 19.4. The first-order valence-corrected chi connectivity index (χ1v) is 8.59. The normalized spacial score (nSPS) is 12.5. The van der Waals surface area contributed by atoms with Crippen LogP contribution >= 0.6 is 0 Å². The van der Waals surface area contributed by atoms with Crippen molar-refractivity contribution in [2.45, 2.75) is 26.1 Å². The van der Waals surface area contributed by atoms with Crippen LogP contribution in [0.3, 0.4) is 0 Å². The molecule has 0 bridgehead atoms. The van der Waals surface area contributed by atoms with Crippen LogP contribution in [0, 0.1) is 6.92 Å². The van der Waals surface area contributed by atoms with Gasteiger partial charge in [0.2, 0.25) is 5.95 Å². The fourth-order valence-corrected chi connectivity index (χ4v) is 2.57. The number of benzene rings is 1. The Morgan fingerprint density at radius 2 is 1.90 bits per heavy atom. The predicted octanol–water partition coefficient (Wildman–Crippen LogP) is 4.30. The molecule has 7 nitrogen and oxygen atoms in total. The van der Waals surface area contributed by atoms with Gasteiger partial charge in [0.15, 0.2) is 0 Å². The molecule has 0 fully saturated rings. The maximum atomic E-state index is 12.8. The van der Waals surface area contributed by atoms with Gasteiger partial charge in [-0.2, -0.15) is 18.3 Å². The summed E-state index contributed by atoms with van der Waals surface area (Å²) in [6.45, 7) is 2.85. The molecule has 0 unspecified atom stereocenters. The predicted molar refractivity (Wildman–Crippen MR) is 99.8 cm³/mol. The fourth-order valence-electron chi connectivity index (χ4n) is 2.57. The highest BCUT2D eigenvalue weighted by Gasteiger charge is 2.37. The number of alkyl halides is 3. The second-order valence-electron chi connectivity index (χ2n) is 6.35. The summed E-state index contributed by atoms with van der Waals surface area (Å²) in [5.74, 6) is -0.231. The first-order chi connectivity index (χ1) is 13.7. The van der Waals surface area contributed by atoms with Gasteiger partial charge in [-0.25, -0.2) is 14.8 Å². The molecule has 1 aromatic carbocycles. The van der Waals surface area contributed by atoms with Crippen LogP contribution in [0.5, 0.6) is 0 Å². The number of aryl methyl sites for hydroxylation is 1. The van der Waals surface area contributed by atoms with Gasteiger partial charge in [-0.15, -0.1) is 0 Å². The summed E-state index contributed by atoms with van der Waals surface area (Å²) in [6, 6.07) is 4.96. The van der Waals surface area contributed by atoms with E-state index >= 15 is 0 Å². The van der Waals surface area contributed by atoms with Crippen molar-refractivity contribution >= 4 is 17.6 Å². The molecule has 1 N–H and O–H groups in total. The van der Waals surface area contributed by atoms with Crippen molar-refractivity contribution in [2.24, 2.45) is 0 Å². The highest BCUT2D eigenvalue weighted by Crippen LogP contribution is 2.30. The summed E-state index contributed by atoms with van der Waals surface area (Å²) < 4.78 is 44.0. The van der Waals surface area contributed by atoms with Crippen LogP contribution in [0.1, 0.15) is 28.9 Å². The third kappa shape index (κ3) is 4.53. The second-order valence-corrected chi connectivity index (χ2v) is 6.35. The molecule has 1 atom stereocenters. The number of ether oxygens (including phenoxy) is 1. The Kier molecular flexibility index (Phi) is 5.53. The molecule has 152 valence electrons. The molecule has 3 aromatic rings. The second kappa shape index (κ2) is 7.90. The van der Waals surface area contributed by atoms with Crippen molar-refractivity contribution in [3.8, 4) is 11.3 Å². The summed E-state index contributed by atoms with van der Waals surface area (Å²) >= 11 is 0. The summed E-state index contributed by atoms with van der Waals surface area (Å²) in [5, 5.41) is 6.61. The molecule has 0 spiro atoms. The van der Waals surface area contributed by atoms with Gasteiger partial charge in [0.1, 0.15) is 6.04 Å². The van der Waals surface area contributed by atoms with Crippen molar-refractivity contribution in [1.82, 2.24) is 19.7 Å². The number of halogens is 3. The number of nitrogens with zero attached hydrogens (tertiary/aromatic N) is 4. The van der Waals surface area contributed by atoms with Crippen LogP contribution in [0.15, 0.2) is 42.9 Å². The van der Waals surface area contributed by atoms with Gasteiger partial charge >= 0.3 is 12.1 Å². The monoisotopic (exact) mass is 405 g/mol. The number of esters is 1. The molecule has 0 amide bonds. The lowest BCUT2D eigenvalue weighted by Gasteiger charge is -2.15.